The van der Waals surface area contributed by atoms with Crippen LogP contribution in [-0.2, 0) is 14.3 Å². The summed E-state index contributed by atoms with van der Waals surface area (Å²) in [5.74, 6) is -0.451. The van der Waals surface area contributed by atoms with Gasteiger partial charge in [0.15, 0.2) is 12.1 Å². The maximum Gasteiger partial charge on any atom is 0.170 e. The molecule has 1 spiro atoms. The number of aldehydes is 1. The standard InChI is InChI=1S/C11H18O3/c1-10(2)9(8-12)13-11(14-10)6-4-3-5-7-11/h8-9H,3-7H2,1-2H3/t9-/m1/s1. The van der Waals surface area contributed by atoms with Crippen LogP contribution in [0.25, 0.3) is 0 Å². The van der Waals surface area contributed by atoms with Crippen LogP contribution in [0.3, 0.4) is 0 Å². The van der Waals surface area contributed by atoms with Crippen LogP contribution in [0.5, 0.6) is 0 Å². The van der Waals surface area contributed by atoms with E-state index in [-0.39, 0.29) is 0 Å². The number of carbonyl (C=O) groups excluding carboxylic acids is 1. The molecule has 0 N–H and O–H groups in total. The topological polar surface area (TPSA) is 35.5 Å². The average molecular weight is 198 g/mol. The van der Waals surface area contributed by atoms with Crippen LogP contribution >= 0.6 is 0 Å². The van der Waals surface area contributed by atoms with Crippen molar-refractivity contribution in [3.05, 3.63) is 0 Å². The number of carbonyl (C=O) groups is 1. The van der Waals surface area contributed by atoms with Crippen LogP contribution in [0.2, 0.25) is 0 Å². The Morgan fingerprint density at radius 1 is 1.21 bits per heavy atom. The highest BCUT2D eigenvalue weighted by Crippen LogP contribution is 2.44. The third-order valence-corrected chi connectivity index (χ3v) is 3.21. The molecule has 80 valence electrons. The second-order valence-corrected chi connectivity index (χ2v) is 4.85. The molecule has 0 unspecified atom stereocenters. The molecule has 0 aromatic carbocycles. The van der Waals surface area contributed by atoms with Crippen molar-refractivity contribution >= 4 is 6.29 Å². The number of hydrogen-bond acceptors (Lipinski definition) is 3. The first-order valence-electron chi connectivity index (χ1n) is 5.41. The summed E-state index contributed by atoms with van der Waals surface area (Å²) in [5.41, 5.74) is -0.459. The van der Waals surface area contributed by atoms with Crippen molar-refractivity contribution in [2.45, 2.75) is 63.4 Å². The highest BCUT2D eigenvalue weighted by atomic mass is 16.8. The Morgan fingerprint density at radius 3 is 2.36 bits per heavy atom. The molecule has 1 aliphatic heterocycles. The SMILES string of the molecule is CC1(C)OC2(CCCCC2)O[C@@H]1C=O. The Balaban J connectivity index is 2.13. The van der Waals surface area contributed by atoms with Crippen molar-refractivity contribution in [3.8, 4) is 0 Å². The molecule has 3 nitrogen and oxygen atoms in total. The average Bonchev–Trinajstić information content (AvgIpc) is 2.38. The van der Waals surface area contributed by atoms with E-state index in [9.17, 15) is 4.79 Å². The lowest BCUT2D eigenvalue weighted by atomic mass is 9.94. The van der Waals surface area contributed by atoms with Crippen LogP contribution in [0, 0.1) is 0 Å². The van der Waals surface area contributed by atoms with E-state index in [0.717, 1.165) is 32.0 Å². The van der Waals surface area contributed by atoms with Gasteiger partial charge in [0.05, 0.1) is 5.60 Å². The maximum atomic E-state index is 10.8. The van der Waals surface area contributed by atoms with Gasteiger partial charge in [-0.1, -0.05) is 6.42 Å². The van der Waals surface area contributed by atoms with Crippen molar-refractivity contribution in [1.29, 1.82) is 0 Å². The minimum Gasteiger partial charge on any atom is -0.341 e. The fourth-order valence-corrected chi connectivity index (χ4v) is 2.44. The molecule has 0 aromatic rings. The lowest BCUT2D eigenvalue weighted by Gasteiger charge is -2.32. The minimum absolute atomic E-state index is 0.402. The quantitative estimate of drug-likeness (QED) is 0.605. The second-order valence-electron chi connectivity index (χ2n) is 4.85. The summed E-state index contributed by atoms with van der Waals surface area (Å²) in [6, 6.07) is 0. The fourth-order valence-electron chi connectivity index (χ4n) is 2.44. The van der Waals surface area contributed by atoms with Crippen LogP contribution in [0.1, 0.15) is 46.0 Å². The number of rotatable bonds is 1. The molecular weight excluding hydrogens is 180 g/mol. The first-order valence-corrected chi connectivity index (χ1v) is 5.41. The van der Waals surface area contributed by atoms with Gasteiger partial charge in [-0.25, -0.2) is 0 Å². The fraction of sp³-hybridized carbons (Fsp3) is 0.909. The number of ether oxygens (including phenoxy) is 2. The predicted molar refractivity (Wildman–Crippen MR) is 51.9 cm³/mol. The minimum atomic E-state index is -0.459. The summed E-state index contributed by atoms with van der Waals surface area (Å²) in [4.78, 5) is 10.8. The van der Waals surface area contributed by atoms with E-state index in [1.165, 1.54) is 6.42 Å². The molecule has 3 heteroatoms. The van der Waals surface area contributed by atoms with Gasteiger partial charge in [-0.15, -0.1) is 0 Å². The van der Waals surface area contributed by atoms with Gasteiger partial charge in [0, 0.05) is 12.8 Å². The Kier molecular flexibility index (Phi) is 2.40. The molecule has 1 saturated heterocycles. The Hall–Kier alpha value is -0.410. The molecule has 1 heterocycles. The van der Waals surface area contributed by atoms with Crippen molar-refractivity contribution in [3.63, 3.8) is 0 Å². The van der Waals surface area contributed by atoms with Crippen LogP contribution < -0.4 is 0 Å². The molecule has 0 aromatic heterocycles. The highest BCUT2D eigenvalue weighted by Gasteiger charge is 2.52. The molecule has 0 amide bonds. The highest BCUT2D eigenvalue weighted by molar-refractivity contribution is 5.59. The monoisotopic (exact) mass is 198 g/mol. The lowest BCUT2D eigenvalue weighted by Crippen LogP contribution is -2.35. The van der Waals surface area contributed by atoms with Crippen LogP contribution in [0.4, 0.5) is 0 Å². The van der Waals surface area contributed by atoms with Gasteiger partial charge in [-0.05, 0) is 26.7 Å². The van der Waals surface area contributed by atoms with E-state index in [0.29, 0.717) is 0 Å². The van der Waals surface area contributed by atoms with E-state index >= 15 is 0 Å². The normalized spacial score (nSPS) is 34.6. The molecule has 1 aliphatic carbocycles. The summed E-state index contributed by atoms with van der Waals surface area (Å²) in [6.45, 7) is 3.85. The Labute approximate surface area is 84.8 Å². The predicted octanol–water partition coefficient (Wildman–Crippen LogP) is 2.04. The van der Waals surface area contributed by atoms with Gasteiger partial charge in [-0.2, -0.15) is 0 Å². The van der Waals surface area contributed by atoms with Crippen molar-refractivity contribution in [2.24, 2.45) is 0 Å². The molecule has 1 saturated carbocycles. The molecule has 2 rings (SSSR count). The second kappa shape index (κ2) is 3.31. The smallest absolute Gasteiger partial charge is 0.170 e. The summed E-state index contributed by atoms with van der Waals surface area (Å²) in [5, 5.41) is 0. The van der Waals surface area contributed by atoms with E-state index in [1.807, 2.05) is 13.8 Å². The Morgan fingerprint density at radius 2 is 1.86 bits per heavy atom. The van der Waals surface area contributed by atoms with E-state index in [1.54, 1.807) is 0 Å². The van der Waals surface area contributed by atoms with Gasteiger partial charge >= 0.3 is 0 Å². The van der Waals surface area contributed by atoms with Gasteiger partial charge in [0.25, 0.3) is 0 Å². The van der Waals surface area contributed by atoms with Crippen molar-refractivity contribution in [2.75, 3.05) is 0 Å². The van der Waals surface area contributed by atoms with Gasteiger partial charge in [0.2, 0.25) is 0 Å². The first-order chi connectivity index (χ1) is 6.58. The molecule has 2 fully saturated rings. The van der Waals surface area contributed by atoms with Crippen LogP contribution in [-0.4, -0.2) is 23.8 Å². The third-order valence-electron chi connectivity index (χ3n) is 3.21. The summed E-state index contributed by atoms with van der Waals surface area (Å²) < 4.78 is 11.7. The third kappa shape index (κ3) is 1.59. The molecular formula is C11H18O3. The summed E-state index contributed by atoms with van der Waals surface area (Å²) in [6.07, 6.45) is 5.86. The zero-order chi connectivity index (χ0) is 10.2. The Bertz CT molecular complexity index is 229. The van der Waals surface area contributed by atoms with E-state index in [2.05, 4.69) is 0 Å². The lowest BCUT2D eigenvalue weighted by molar-refractivity contribution is -0.202. The van der Waals surface area contributed by atoms with Gasteiger partial charge in [-0.3, -0.25) is 0 Å². The molecule has 0 radical (unpaired) electrons. The zero-order valence-electron chi connectivity index (χ0n) is 8.91. The van der Waals surface area contributed by atoms with Crippen molar-refractivity contribution in [1.82, 2.24) is 0 Å². The van der Waals surface area contributed by atoms with Crippen LogP contribution in [0.15, 0.2) is 0 Å². The van der Waals surface area contributed by atoms with Gasteiger partial charge in [0.1, 0.15) is 6.10 Å². The summed E-state index contributed by atoms with van der Waals surface area (Å²) in [7, 11) is 0. The van der Waals surface area contributed by atoms with Gasteiger partial charge < -0.3 is 14.3 Å². The molecule has 0 bridgehead atoms. The molecule has 2 aliphatic rings. The largest absolute Gasteiger partial charge is 0.341 e. The molecule has 1 atom stereocenters. The zero-order valence-corrected chi connectivity index (χ0v) is 8.91. The molecule has 14 heavy (non-hydrogen) atoms. The maximum absolute atomic E-state index is 10.8. The van der Waals surface area contributed by atoms with E-state index < -0.39 is 17.5 Å². The summed E-state index contributed by atoms with van der Waals surface area (Å²) >= 11 is 0. The number of hydrogen-bond donors (Lipinski definition) is 0. The first kappa shape index (κ1) is 10.1. The van der Waals surface area contributed by atoms with E-state index in [4.69, 9.17) is 9.47 Å². The van der Waals surface area contributed by atoms with Crippen molar-refractivity contribution < 1.29 is 14.3 Å².